The molecule has 0 saturated heterocycles. The first kappa shape index (κ1) is 15.5. The minimum atomic E-state index is -0.822. The van der Waals surface area contributed by atoms with Crippen molar-refractivity contribution in [1.29, 1.82) is 0 Å². The molecule has 0 aliphatic carbocycles. The first-order chi connectivity index (χ1) is 9.06. The lowest BCUT2D eigenvalue weighted by atomic mass is 10.2. The lowest BCUT2D eigenvalue weighted by Gasteiger charge is -2.10. The van der Waals surface area contributed by atoms with Crippen LogP contribution in [0.4, 0.5) is 10.1 Å². The smallest absolute Gasteiger partial charge is 0.305 e. The molecule has 0 spiro atoms. The van der Waals surface area contributed by atoms with Crippen LogP contribution in [0.15, 0.2) is 18.2 Å². The van der Waals surface area contributed by atoms with Crippen molar-refractivity contribution in [3.63, 3.8) is 0 Å². The zero-order valence-corrected chi connectivity index (χ0v) is 10.6. The Bertz CT molecular complexity index is 428. The van der Waals surface area contributed by atoms with Crippen molar-refractivity contribution in [2.75, 3.05) is 20.3 Å². The van der Waals surface area contributed by atoms with E-state index in [0.717, 1.165) is 6.07 Å². The molecule has 2 N–H and O–H groups in total. The number of hydrogen-bond donors (Lipinski definition) is 2. The number of hydrogen-bond acceptors (Lipinski definition) is 5. The van der Waals surface area contributed by atoms with Gasteiger partial charge in [-0.1, -0.05) is 12.1 Å². The highest BCUT2D eigenvalue weighted by molar-refractivity contribution is 5.36. The van der Waals surface area contributed by atoms with Crippen LogP contribution in [0.25, 0.3) is 0 Å². The second-order valence-corrected chi connectivity index (χ2v) is 4.08. The largest absolute Gasteiger partial charge is 0.391 e. The fourth-order valence-corrected chi connectivity index (χ4v) is 1.61. The molecule has 106 valence electrons. The molecular weight excluding hydrogens is 255 g/mol. The number of aliphatic hydroxyl groups excluding tert-OH is 1. The topological polar surface area (TPSA) is 84.6 Å². The van der Waals surface area contributed by atoms with Crippen LogP contribution in [-0.4, -0.2) is 36.4 Å². The van der Waals surface area contributed by atoms with E-state index >= 15 is 0 Å². The minimum absolute atomic E-state index is 0.174. The van der Waals surface area contributed by atoms with Gasteiger partial charge in [0.05, 0.1) is 17.6 Å². The minimum Gasteiger partial charge on any atom is -0.391 e. The van der Waals surface area contributed by atoms with Gasteiger partial charge in [0.15, 0.2) is 0 Å². The van der Waals surface area contributed by atoms with E-state index in [2.05, 4.69) is 5.32 Å². The molecule has 1 unspecified atom stereocenters. The molecule has 0 amide bonds. The van der Waals surface area contributed by atoms with Crippen molar-refractivity contribution in [2.45, 2.75) is 19.1 Å². The molecule has 6 nitrogen and oxygen atoms in total. The second-order valence-electron chi connectivity index (χ2n) is 4.08. The average Bonchev–Trinajstić information content (AvgIpc) is 2.36. The molecule has 0 fully saturated rings. The molecule has 0 aliphatic rings. The Morgan fingerprint density at radius 1 is 1.58 bits per heavy atom. The summed E-state index contributed by atoms with van der Waals surface area (Å²) in [6.45, 7) is 0.882. The molecule has 0 bridgehead atoms. The number of halogens is 1. The number of ether oxygens (including phenoxy) is 1. The van der Waals surface area contributed by atoms with Gasteiger partial charge in [0, 0.05) is 25.3 Å². The average molecular weight is 272 g/mol. The maximum Gasteiger partial charge on any atom is 0.305 e. The number of rotatable bonds is 8. The molecule has 7 heteroatoms. The molecule has 1 aromatic rings. The number of methoxy groups -OCH3 is 1. The van der Waals surface area contributed by atoms with Crippen LogP contribution < -0.4 is 5.32 Å². The van der Waals surface area contributed by atoms with Gasteiger partial charge in [-0.05, 0) is 13.0 Å². The molecule has 1 aromatic carbocycles. The third kappa shape index (κ3) is 4.90. The zero-order chi connectivity index (χ0) is 14.3. The van der Waals surface area contributed by atoms with E-state index in [1.165, 1.54) is 19.2 Å². The number of nitro benzene ring substituents is 1. The van der Waals surface area contributed by atoms with Gasteiger partial charge in [0.25, 0.3) is 0 Å². The van der Waals surface area contributed by atoms with Crippen LogP contribution in [0, 0.1) is 15.9 Å². The second kappa shape index (κ2) is 7.78. The predicted molar refractivity (Wildman–Crippen MR) is 67.3 cm³/mol. The summed E-state index contributed by atoms with van der Waals surface area (Å²) in [7, 11) is 1.50. The summed E-state index contributed by atoms with van der Waals surface area (Å²) in [4.78, 5) is 9.81. The number of nitro groups is 1. The van der Waals surface area contributed by atoms with Gasteiger partial charge in [-0.15, -0.1) is 0 Å². The van der Waals surface area contributed by atoms with Gasteiger partial charge in [-0.2, -0.15) is 4.39 Å². The van der Waals surface area contributed by atoms with E-state index in [-0.39, 0.29) is 18.7 Å². The molecule has 0 radical (unpaired) electrons. The first-order valence-corrected chi connectivity index (χ1v) is 5.85. The van der Waals surface area contributed by atoms with Crippen molar-refractivity contribution in [1.82, 2.24) is 5.32 Å². The maximum absolute atomic E-state index is 13.7. The lowest BCUT2D eigenvalue weighted by molar-refractivity contribution is -0.387. The fourth-order valence-electron chi connectivity index (χ4n) is 1.61. The summed E-state index contributed by atoms with van der Waals surface area (Å²) in [6.07, 6.45) is -0.114. The van der Waals surface area contributed by atoms with Crippen LogP contribution in [-0.2, 0) is 11.3 Å². The summed E-state index contributed by atoms with van der Waals surface area (Å²) < 4.78 is 18.4. The van der Waals surface area contributed by atoms with Crippen LogP contribution in [0.2, 0.25) is 0 Å². The third-order valence-corrected chi connectivity index (χ3v) is 2.58. The number of benzene rings is 1. The van der Waals surface area contributed by atoms with E-state index < -0.39 is 22.5 Å². The Hall–Kier alpha value is -1.57. The van der Waals surface area contributed by atoms with E-state index in [1.807, 2.05) is 0 Å². The molecule has 0 saturated carbocycles. The quantitative estimate of drug-likeness (QED) is 0.422. The fraction of sp³-hybridized carbons (Fsp3) is 0.500. The third-order valence-electron chi connectivity index (χ3n) is 2.58. The van der Waals surface area contributed by atoms with Crippen LogP contribution >= 0.6 is 0 Å². The Morgan fingerprint density at radius 3 is 2.95 bits per heavy atom. The molecular formula is C12H17FN2O4. The Morgan fingerprint density at radius 2 is 2.32 bits per heavy atom. The van der Waals surface area contributed by atoms with E-state index in [1.54, 1.807) is 0 Å². The van der Waals surface area contributed by atoms with Crippen molar-refractivity contribution >= 4 is 5.69 Å². The number of nitrogens with one attached hydrogen (secondary N) is 1. The van der Waals surface area contributed by atoms with Gasteiger partial charge in [0.1, 0.15) is 0 Å². The predicted octanol–water partition coefficient (Wildman–Crippen LogP) is 1.22. The molecule has 0 aliphatic heterocycles. The van der Waals surface area contributed by atoms with Crippen LogP contribution in [0.1, 0.15) is 12.0 Å². The molecule has 1 rings (SSSR count). The van der Waals surface area contributed by atoms with E-state index in [9.17, 15) is 19.6 Å². The van der Waals surface area contributed by atoms with Gasteiger partial charge in [-0.25, -0.2) is 0 Å². The molecule has 1 atom stereocenters. The SMILES string of the molecule is COCC(O)CCNCc1cccc([N+](=O)[O-])c1F. The van der Waals surface area contributed by atoms with Gasteiger partial charge in [-0.3, -0.25) is 10.1 Å². The van der Waals surface area contributed by atoms with Crippen LogP contribution in [0.3, 0.4) is 0 Å². The summed E-state index contributed by atoms with van der Waals surface area (Å²) in [6, 6.07) is 4.06. The van der Waals surface area contributed by atoms with Gasteiger partial charge in [0.2, 0.25) is 5.82 Å². The zero-order valence-electron chi connectivity index (χ0n) is 10.6. The summed E-state index contributed by atoms with van der Waals surface area (Å²) in [5, 5.41) is 22.9. The summed E-state index contributed by atoms with van der Waals surface area (Å²) >= 11 is 0. The van der Waals surface area contributed by atoms with Crippen molar-refractivity contribution in [2.24, 2.45) is 0 Å². The normalized spacial score (nSPS) is 12.4. The molecule has 0 aromatic heterocycles. The van der Waals surface area contributed by atoms with Crippen molar-refractivity contribution in [3.05, 3.63) is 39.7 Å². The first-order valence-electron chi connectivity index (χ1n) is 5.85. The number of nitrogens with zero attached hydrogens (tertiary/aromatic N) is 1. The summed E-state index contributed by atoms with van der Waals surface area (Å²) in [5.74, 6) is -0.822. The monoisotopic (exact) mass is 272 g/mol. The lowest BCUT2D eigenvalue weighted by Crippen LogP contribution is -2.23. The highest BCUT2D eigenvalue weighted by Gasteiger charge is 2.16. The Balaban J connectivity index is 2.46. The highest BCUT2D eigenvalue weighted by Crippen LogP contribution is 2.19. The van der Waals surface area contributed by atoms with E-state index in [4.69, 9.17) is 4.74 Å². The van der Waals surface area contributed by atoms with E-state index in [0.29, 0.717) is 13.0 Å². The summed E-state index contributed by atoms with van der Waals surface area (Å²) in [5.41, 5.74) is -0.297. The highest BCUT2D eigenvalue weighted by atomic mass is 19.1. The molecule has 19 heavy (non-hydrogen) atoms. The molecule has 0 heterocycles. The van der Waals surface area contributed by atoms with Crippen molar-refractivity contribution in [3.8, 4) is 0 Å². The number of aliphatic hydroxyl groups is 1. The Kier molecular flexibility index (Phi) is 6.34. The van der Waals surface area contributed by atoms with Gasteiger partial charge < -0.3 is 15.2 Å². The Labute approximate surface area is 110 Å². The maximum atomic E-state index is 13.7. The van der Waals surface area contributed by atoms with Crippen molar-refractivity contribution < 1.29 is 19.2 Å². The van der Waals surface area contributed by atoms with Gasteiger partial charge >= 0.3 is 5.69 Å². The van der Waals surface area contributed by atoms with Crippen LogP contribution in [0.5, 0.6) is 0 Å². The standard InChI is InChI=1S/C12H17FN2O4/c1-19-8-10(16)5-6-14-7-9-3-2-4-11(12(9)13)15(17)18/h2-4,10,14,16H,5-8H2,1H3.